The molecule has 0 radical (unpaired) electrons. The fourth-order valence-electron chi connectivity index (χ4n) is 9.21. The number of nitrogens with one attached hydrogen (secondary N) is 2. The number of rotatable bonds is 13. The molecule has 358 valence electrons. The maximum Gasteiger partial charge on any atom is 0.295 e. The van der Waals surface area contributed by atoms with Crippen molar-refractivity contribution in [3.8, 4) is 35.3 Å². The normalized spacial score (nSPS) is 13.7. The molecule has 8 aromatic rings. The van der Waals surface area contributed by atoms with E-state index in [1.54, 1.807) is 13.8 Å². The van der Waals surface area contributed by atoms with Crippen LogP contribution in [-0.4, -0.2) is 122 Å². The van der Waals surface area contributed by atoms with Gasteiger partial charge in [-0.05, 0) is 61.8 Å². The molecule has 20 heteroatoms. The highest BCUT2D eigenvalue weighted by Crippen LogP contribution is 2.35. The van der Waals surface area contributed by atoms with Crippen LogP contribution < -0.4 is 9.47 Å². The average Bonchev–Trinajstić information content (AvgIpc) is 4.26. The van der Waals surface area contributed by atoms with E-state index in [4.69, 9.17) is 9.47 Å². The molecule has 2 amide bonds. The summed E-state index contributed by atoms with van der Waals surface area (Å²) in [5.74, 6) is -0.981. The van der Waals surface area contributed by atoms with E-state index in [1.807, 2.05) is 60.7 Å². The molecule has 72 heavy (non-hydrogen) atoms. The number of Topliss-reactive ketones (excluding diaryl/α,β-unsaturated/α-hetero) is 2. The van der Waals surface area contributed by atoms with E-state index in [2.05, 4.69) is 52.2 Å². The van der Waals surface area contributed by atoms with Crippen LogP contribution in [0, 0.1) is 36.5 Å². The minimum Gasteiger partial charge on any atom is -0.488 e. The molecule has 0 bridgehead atoms. The number of aromatic amines is 2. The molecule has 2 aromatic carbocycles. The average molecular weight is 961 g/mol. The van der Waals surface area contributed by atoms with Gasteiger partial charge in [-0.15, -0.1) is 0 Å². The fourth-order valence-corrected chi connectivity index (χ4v) is 9.21. The minimum absolute atomic E-state index is 0.0578. The molecule has 2 N–H and O–H groups in total. The molecule has 20 nitrogen and oxygen atoms in total. The first-order valence-electron chi connectivity index (χ1n) is 23.2. The van der Waals surface area contributed by atoms with Crippen LogP contribution in [0.15, 0.2) is 109 Å². The quantitative estimate of drug-likeness (QED) is 0.0561. The van der Waals surface area contributed by atoms with Crippen LogP contribution in [0.25, 0.3) is 44.6 Å². The van der Waals surface area contributed by atoms with Crippen molar-refractivity contribution >= 4 is 56.3 Å². The Kier molecular flexibility index (Phi) is 12.7. The number of allylic oxidation sites excluding steroid dienone is 2. The van der Waals surface area contributed by atoms with Gasteiger partial charge in [0.05, 0.1) is 68.6 Å². The molecule has 0 aliphatic carbocycles. The second-order valence-electron chi connectivity index (χ2n) is 17.1. The van der Waals surface area contributed by atoms with Gasteiger partial charge in [-0.3, -0.25) is 19.2 Å². The van der Waals surface area contributed by atoms with Crippen LogP contribution in [0.3, 0.4) is 0 Å². The van der Waals surface area contributed by atoms with Crippen molar-refractivity contribution in [1.82, 2.24) is 59.3 Å². The summed E-state index contributed by atoms with van der Waals surface area (Å²) >= 11 is 0. The molecule has 2 aliphatic rings. The van der Waals surface area contributed by atoms with Crippen molar-refractivity contribution in [2.75, 3.05) is 39.4 Å². The van der Waals surface area contributed by atoms with Gasteiger partial charge in [-0.1, -0.05) is 60.7 Å². The minimum atomic E-state index is -0.763. The van der Waals surface area contributed by atoms with Crippen molar-refractivity contribution in [2.45, 2.75) is 39.5 Å². The van der Waals surface area contributed by atoms with Gasteiger partial charge in [-0.25, -0.2) is 29.3 Å². The van der Waals surface area contributed by atoms with E-state index < -0.39 is 23.4 Å². The van der Waals surface area contributed by atoms with Crippen LogP contribution in [0.1, 0.15) is 69.2 Å². The lowest BCUT2D eigenvalue weighted by Gasteiger charge is -2.28. The lowest BCUT2D eigenvalue weighted by atomic mass is 9.93. The molecule has 0 saturated carbocycles. The fraction of sp³-hybridized carbons (Fsp3) is 0.231. The van der Waals surface area contributed by atoms with Crippen molar-refractivity contribution in [3.63, 3.8) is 0 Å². The Morgan fingerprint density at radius 1 is 0.583 bits per heavy atom. The number of benzene rings is 2. The summed E-state index contributed by atoms with van der Waals surface area (Å²) in [6.45, 7) is 4.26. The first-order valence-corrected chi connectivity index (χ1v) is 23.2. The summed E-state index contributed by atoms with van der Waals surface area (Å²) < 4.78 is 15.5. The Morgan fingerprint density at radius 3 is 1.32 bits per heavy atom. The van der Waals surface area contributed by atoms with E-state index in [-0.39, 0.29) is 72.8 Å². The summed E-state index contributed by atoms with van der Waals surface area (Å²) in [4.78, 5) is 83.2. The molecule has 2 fully saturated rings. The number of pyridine rings is 2. The van der Waals surface area contributed by atoms with E-state index in [1.165, 1.54) is 56.6 Å². The number of nitrogens with zero attached hydrogens (tertiary/aromatic N) is 12. The molecule has 2 saturated heterocycles. The molecule has 0 spiro atoms. The Bertz CT molecular complexity index is 3330. The number of carbonyl (C=O) groups is 4. The Hall–Kier alpha value is -9.56. The Balaban J connectivity index is 0.890. The summed E-state index contributed by atoms with van der Waals surface area (Å²) in [5, 5.41) is 29.4. The van der Waals surface area contributed by atoms with E-state index in [0.717, 1.165) is 22.3 Å². The highest BCUT2D eigenvalue weighted by Gasteiger charge is 2.33. The van der Waals surface area contributed by atoms with Gasteiger partial charge in [0.2, 0.25) is 0 Å². The SMILES string of the molecule is Cc1ncn(-c2ncc(OCCOc3cnc(-n4cnc(C)n4)c4[nH]cc(C(=O)C(=O)N5CCC(=C(C#N)c6ccccc6)CC5)c34)c3c(C(=O)C(=O)N4CCC(=C(C#N)c5ccccc5)CC4)c[nH]c23)n1. The van der Waals surface area contributed by atoms with Crippen LogP contribution in [0.2, 0.25) is 0 Å². The number of fused-ring (bicyclic) bond motifs is 2. The lowest BCUT2D eigenvalue weighted by Crippen LogP contribution is -2.40. The number of likely N-dealkylation sites (tertiary alicyclic amines) is 2. The number of hydrogen-bond donors (Lipinski definition) is 2. The smallest absolute Gasteiger partial charge is 0.295 e. The zero-order valence-corrected chi connectivity index (χ0v) is 39.1. The van der Waals surface area contributed by atoms with Gasteiger partial charge in [0, 0.05) is 38.6 Å². The number of carbonyl (C=O) groups excluding carboxylic acids is 4. The van der Waals surface area contributed by atoms with Gasteiger partial charge in [0.15, 0.2) is 11.6 Å². The van der Waals surface area contributed by atoms with Crippen LogP contribution >= 0.6 is 0 Å². The Labute approximate surface area is 410 Å². The molecular weight excluding hydrogens is 917 g/mol. The number of ether oxygens (including phenoxy) is 2. The maximum absolute atomic E-state index is 14.2. The van der Waals surface area contributed by atoms with Gasteiger partial charge in [0.25, 0.3) is 23.4 Å². The molecular formula is C52H44N14O6. The number of H-pyrrole nitrogens is 2. The van der Waals surface area contributed by atoms with Gasteiger partial charge < -0.3 is 29.2 Å². The third-order valence-corrected chi connectivity index (χ3v) is 12.8. The summed E-state index contributed by atoms with van der Waals surface area (Å²) in [6, 6.07) is 23.4. The van der Waals surface area contributed by atoms with Crippen LogP contribution in [0.5, 0.6) is 11.5 Å². The van der Waals surface area contributed by atoms with E-state index in [0.29, 0.717) is 71.1 Å². The van der Waals surface area contributed by atoms with Gasteiger partial charge in [0.1, 0.15) is 49.0 Å². The number of aromatic nitrogens is 10. The van der Waals surface area contributed by atoms with Crippen molar-refractivity contribution in [1.29, 1.82) is 10.5 Å². The van der Waals surface area contributed by atoms with E-state index >= 15 is 0 Å². The third-order valence-electron chi connectivity index (χ3n) is 12.8. The number of aryl methyl sites for hydroxylation is 2. The second-order valence-corrected chi connectivity index (χ2v) is 17.1. The number of piperidine rings is 2. The molecule has 2 aliphatic heterocycles. The predicted molar refractivity (Wildman–Crippen MR) is 261 cm³/mol. The van der Waals surface area contributed by atoms with Crippen molar-refractivity contribution in [2.24, 2.45) is 0 Å². The van der Waals surface area contributed by atoms with E-state index in [9.17, 15) is 29.7 Å². The number of nitriles is 2. The zero-order chi connectivity index (χ0) is 49.9. The maximum atomic E-state index is 14.2. The topological polar surface area (TPSA) is 260 Å². The Morgan fingerprint density at radius 2 is 0.972 bits per heavy atom. The van der Waals surface area contributed by atoms with Crippen molar-refractivity contribution in [3.05, 3.63) is 143 Å². The first-order chi connectivity index (χ1) is 35.1. The summed E-state index contributed by atoms with van der Waals surface area (Å²) in [7, 11) is 0. The van der Waals surface area contributed by atoms with Crippen LogP contribution in [-0.2, 0) is 9.59 Å². The summed E-state index contributed by atoms with van der Waals surface area (Å²) in [6.07, 6.45) is 10.5. The highest BCUT2D eigenvalue weighted by molar-refractivity contribution is 6.46. The molecule has 10 rings (SSSR count). The number of hydrogen-bond acceptors (Lipinski definition) is 14. The molecule has 6 aromatic heterocycles. The number of ketones is 2. The van der Waals surface area contributed by atoms with Crippen molar-refractivity contribution < 1.29 is 28.7 Å². The first kappa shape index (κ1) is 46.2. The van der Waals surface area contributed by atoms with Gasteiger partial charge in [-0.2, -0.15) is 20.7 Å². The predicted octanol–water partition coefficient (Wildman–Crippen LogP) is 6.24. The standard InChI is InChI=1S/C52H44N14O6/c1-31-59-29-65(61-31)49-45-43(39(25-55-45)47(67)51(69)63-17-13-35(14-18-63)37(23-53)33-9-5-3-6-10-33)41(27-57-49)71-21-22-72-42-28-58-50(66-30-60-32(2)62-66)46-44(42)40(26-56-46)48(68)52(70)64-19-15-36(16-20-64)38(24-54)34-11-7-4-8-12-34/h3-12,25-30,55-56H,13-22H2,1-2H3. The second kappa shape index (κ2) is 19.8. The van der Waals surface area contributed by atoms with Gasteiger partial charge >= 0.3 is 0 Å². The third kappa shape index (κ3) is 8.84. The molecule has 0 atom stereocenters. The van der Waals surface area contributed by atoms with Crippen LogP contribution in [0.4, 0.5) is 0 Å². The largest absolute Gasteiger partial charge is 0.488 e. The monoisotopic (exact) mass is 960 g/mol. The molecule has 0 unspecified atom stereocenters. The molecule has 8 heterocycles. The number of amides is 2. The summed E-state index contributed by atoms with van der Waals surface area (Å²) in [5.41, 5.74) is 5.48. The highest BCUT2D eigenvalue weighted by atomic mass is 16.5. The zero-order valence-electron chi connectivity index (χ0n) is 39.1. The lowest BCUT2D eigenvalue weighted by molar-refractivity contribution is -0.127.